The van der Waals surface area contributed by atoms with E-state index < -0.39 is 26.7 Å². The van der Waals surface area contributed by atoms with E-state index in [9.17, 15) is 12.6 Å². The Balaban J connectivity index is 2.57. The third-order valence-corrected chi connectivity index (χ3v) is 4.36. The van der Waals surface area contributed by atoms with Crippen LogP contribution in [0.4, 0.5) is 0 Å². The molecular formula is C9H12AsNO4. The zero-order valence-corrected chi connectivity index (χ0v) is 9.87. The molecule has 15 heavy (non-hydrogen) atoms. The number of amides is 1. The van der Waals surface area contributed by atoms with E-state index in [2.05, 4.69) is 3.73 Å². The van der Waals surface area contributed by atoms with Crippen molar-refractivity contribution >= 4 is 20.1 Å². The van der Waals surface area contributed by atoms with Gasteiger partial charge in [-0.2, -0.15) is 0 Å². The van der Waals surface area contributed by atoms with Gasteiger partial charge in [-0.1, -0.05) is 0 Å². The standard InChI is InChI=1S/C9H12AsNO4/c11-9(12)7-15-10(13,14)6-8-4-2-1-3-5-8/h1-5H,6-7H2,(H2,11,12)(H,13,14). The van der Waals surface area contributed by atoms with E-state index >= 15 is 0 Å². The Kier molecular flexibility index (Phi) is 4.14. The first-order chi connectivity index (χ1) is 6.99. The van der Waals surface area contributed by atoms with Crippen LogP contribution < -0.4 is 5.73 Å². The minimum atomic E-state index is -4.40. The summed E-state index contributed by atoms with van der Waals surface area (Å²) in [5.41, 5.74) is 5.51. The van der Waals surface area contributed by atoms with E-state index in [1.807, 2.05) is 6.07 Å². The van der Waals surface area contributed by atoms with Crippen LogP contribution in [-0.2, 0) is 17.5 Å². The van der Waals surface area contributed by atoms with Crippen LogP contribution in [0, 0.1) is 0 Å². The van der Waals surface area contributed by atoms with Gasteiger partial charge in [-0.3, -0.25) is 0 Å². The molecule has 82 valence electrons. The van der Waals surface area contributed by atoms with Gasteiger partial charge in [-0.25, -0.2) is 0 Å². The molecule has 1 rings (SSSR count). The molecule has 1 aromatic rings. The molecule has 0 saturated carbocycles. The van der Waals surface area contributed by atoms with Crippen LogP contribution in [0.5, 0.6) is 0 Å². The Hall–Kier alpha value is -1.03. The molecule has 0 aliphatic carbocycles. The van der Waals surface area contributed by atoms with Gasteiger partial charge in [-0.05, 0) is 0 Å². The fourth-order valence-electron chi connectivity index (χ4n) is 1.02. The van der Waals surface area contributed by atoms with Crippen molar-refractivity contribution < 1.29 is 16.4 Å². The van der Waals surface area contributed by atoms with Crippen molar-refractivity contribution in [1.29, 1.82) is 0 Å². The third-order valence-electron chi connectivity index (χ3n) is 1.63. The molecule has 1 aromatic carbocycles. The number of carbonyl (C=O) groups is 1. The van der Waals surface area contributed by atoms with E-state index in [0.717, 1.165) is 0 Å². The maximum absolute atomic E-state index is 11.5. The molecule has 0 spiro atoms. The summed E-state index contributed by atoms with van der Waals surface area (Å²) in [5.74, 6) is -0.751. The Morgan fingerprint density at radius 3 is 2.53 bits per heavy atom. The minimum absolute atomic E-state index is 0.0631. The zero-order chi connectivity index (χ0) is 11.3. The molecule has 0 fully saturated rings. The summed E-state index contributed by atoms with van der Waals surface area (Å²) in [6.07, 6.45) is 0. The number of primary amides is 1. The fraction of sp³-hybridized carbons (Fsp3) is 0.222. The number of nitrogens with two attached hydrogens (primary N) is 1. The number of rotatable bonds is 5. The second kappa shape index (κ2) is 5.16. The van der Waals surface area contributed by atoms with Crippen molar-refractivity contribution in [1.82, 2.24) is 0 Å². The summed E-state index contributed by atoms with van der Waals surface area (Å²) < 4.78 is 25.5. The Morgan fingerprint density at radius 1 is 1.40 bits per heavy atom. The molecule has 0 radical (unpaired) electrons. The molecule has 0 heterocycles. The van der Waals surface area contributed by atoms with Crippen LogP contribution >= 0.6 is 0 Å². The topological polar surface area (TPSA) is 89.6 Å². The second-order valence-corrected chi connectivity index (χ2v) is 6.90. The molecular weight excluding hydrogens is 261 g/mol. The summed E-state index contributed by atoms with van der Waals surface area (Å²) >= 11 is -4.40. The first kappa shape index (κ1) is 12.0. The van der Waals surface area contributed by atoms with Crippen molar-refractivity contribution in [3.05, 3.63) is 35.9 Å². The van der Waals surface area contributed by atoms with Crippen molar-refractivity contribution in [3.8, 4) is 0 Å². The normalized spacial score (nSPS) is 14.5. The molecule has 0 aliphatic rings. The van der Waals surface area contributed by atoms with Gasteiger partial charge in [0.15, 0.2) is 0 Å². The SMILES string of the molecule is NC(=O)CO[As](=O)(O)Cc1ccccc1. The van der Waals surface area contributed by atoms with Crippen LogP contribution in [0.2, 0.25) is 0 Å². The summed E-state index contributed by atoms with van der Waals surface area (Å²) in [7, 11) is 0. The number of carbonyl (C=O) groups excluding carboxylic acids is 1. The van der Waals surface area contributed by atoms with Crippen LogP contribution in [-0.4, -0.2) is 30.8 Å². The Labute approximate surface area is 90.2 Å². The molecule has 1 unspecified atom stereocenters. The van der Waals surface area contributed by atoms with Gasteiger partial charge in [0, 0.05) is 0 Å². The van der Waals surface area contributed by atoms with Gasteiger partial charge in [-0.15, -0.1) is 0 Å². The molecule has 5 nitrogen and oxygen atoms in total. The van der Waals surface area contributed by atoms with E-state index in [0.29, 0.717) is 5.56 Å². The predicted octanol–water partition coefficient (Wildman–Crippen LogP) is -0.368. The Morgan fingerprint density at radius 2 is 2.00 bits per heavy atom. The molecule has 6 heteroatoms. The average molecular weight is 273 g/mol. The van der Waals surface area contributed by atoms with Gasteiger partial charge in [0.1, 0.15) is 0 Å². The predicted molar refractivity (Wildman–Crippen MR) is 54.0 cm³/mol. The molecule has 1 atom stereocenters. The summed E-state index contributed by atoms with van der Waals surface area (Å²) in [5, 5.41) is -0.0631. The van der Waals surface area contributed by atoms with Crippen LogP contribution in [0.1, 0.15) is 5.56 Å². The van der Waals surface area contributed by atoms with E-state index in [-0.39, 0.29) is 5.21 Å². The van der Waals surface area contributed by atoms with Crippen molar-refractivity contribution in [3.63, 3.8) is 0 Å². The van der Waals surface area contributed by atoms with Crippen LogP contribution in [0.15, 0.2) is 30.3 Å². The molecule has 0 bridgehead atoms. The monoisotopic (exact) mass is 273 g/mol. The van der Waals surface area contributed by atoms with Gasteiger partial charge < -0.3 is 0 Å². The van der Waals surface area contributed by atoms with Gasteiger partial charge in [0.05, 0.1) is 0 Å². The van der Waals surface area contributed by atoms with Crippen molar-refractivity contribution in [2.45, 2.75) is 5.21 Å². The maximum atomic E-state index is 11.5. The average Bonchev–Trinajstić information content (AvgIpc) is 2.16. The summed E-state index contributed by atoms with van der Waals surface area (Å²) in [6.45, 7) is -0.514. The molecule has 1 amide bonds. The van der Waals surface area contributed by atoms with E-state index in [4.69, 9.17) is 5.73 Å². The van der Waals surface area contributed by atoms with Crippen LogP contribution in [0.3, 0.4) is 0 Å². The van der Waals surface area contributed by atoms with Crippen LogP contribution in [0.25, 0.3) is 0 Å². The van der Waals surface area contributed by atoms with E-state index in [1.54, 1.807) is 24.3 Å². The van der Waals surface area contributed by atoms with Crippen molar-refractivity contribution in [2.24, 2.45) is 5.73 Å². The molecule has 0 aromatic heterocycles. The molecule has 3 N–H and O–H groups in total. The van der Waals surface area contributed by atoms with Crippen molar-refractivity contribution in [2.75, 3.05) is 6.61 Å². The fourth-order valence-corrected chi connectivity index (χ4v) is 3.32. The quantitative estimate of drug-likeness (QED) is 0.716. The summed E-state index contributed by atoms with van der Waals surface area (Å²) in [4.78, 5) is 10.4. The number of benzene rings is 1. The summed E-state index contributed by atoms with van der Waals surface area (Å²) in [6, 6.07) is 8.77. The van der Waals surface area contributed by atoms with Gasteiger partial charge in [0.25, 0.3) is 0 Å². The molecule has 0 aliphatic heterocycles. The Bertz CT molecular complexity index is 379. The third kappa shape index (κ3) is 4.83. The zero-order valence-electron chi connectivity index (χ0n) is 8.00. The van der Waals surface area contributed by atoms with Gasteiger partial charge in [0.2, 0.25) is 0 Å². The number of hydrogen-bond acceptors (Lipinski definition) is 3. The van der Waals surface area contributed by atoms with E-state index in [1.165, 1.54) is 0 Å². The molecule has 0 saturated heterocycles. The second-order valence-electron chi connectivity index (χ2n) is 3.02. The first-order valence-electron chi connectivity index (χ1n) is 4.28. The van der Waals surface area contributed by atoms with Gasteiger partial charge >= 0.3 is 89.9 Å². The number of hydrogen-bond donors (Lipinski definition) is 2. The first-order valence-corrected chi connectivity index (χ1v) is 7.98.